The minimum absolute atomic E-state index is 0.286. The molecule has 0 unspecified atom stereocenters. The predicted molar refractivity (Wildman–Crippen MR) is 49.4 cm³/mol. The summed E-state index contributed by atoms with van der Waals surface area (Å²) in [5.74, 6) is 0.473. The first kappa shape index (κ1) is 10.9. The molecular formula is C10H19FO2. The molecule has 1 aliphatic carbocycles. The molecule has 0 bridgehead atoms. The van der Waals surface area contributed by atoms with Gasteiger partial charge in [0, 0.05) is 13.2 Å². The van der Waals surface area contributed by atoms with Gasteiger partial charge in [-0.1, -0.05) is 0 Å². The summed E-state index contributed by atoms with van der Waals surface area (Å²) in [6.45, 7) is 0.564. The Morgan fingerprint density at radius 1 is 1.23 bits per heavy atom. The first-order valence-electron chi connectivity index (χ1n) is 5.15. The van der Waals surface area contributed by atoms with Gasteiger partial charge in [-0.25, -0.2) is 0 Å². The third-order valence-corrected chi connectivity index (χ3v) is 2.68. The van der Waals surface area contributed by atoms with Gasteiger partial charge in [-0.05, 0) is 38.0 Å². The highest BCUT2D eigenvalue weighted by Crippen LogP contribution is 2.25. The normalized spacial score (nSPS) is 29.1. The zero-order valence-electron chi connectivity index (χ0n) is 8.04. The molecule has 1 saturated carbocycles. The van der Waals surface area contributed by atoms with E-state index < -0.39 is 0 Å². The highest BCUT2D eigenvalue weighted by atomic mass is 19.1. The van der Waals surface area contributed by atoms with Crippen LogP contribution < -0.4 is 0 Å². The number of hydrogen-bond acceptors (Lipinski definition) is 2. The van der Waals surface area contributed by atoms with E-state index in [2.05, 4.69) is 0 Å². The molecule has 0 aliphatic heterocycles. The second kappa shape index (κ2) is 6.33. The SMILES string of the molecule is OCC1CCC(OCCCF)CC1. The van der Waals surface area contributed by atoms with E-state index in [0.717, 1.165) is 25.7 Å². The molecule has 0 aromatic rings. The van der Waals surface area contributed by atoms with E-state index in [0.29, 0.717) is 31.7 Å². The molecule has 0 amide bonds. The van der Waals surface area contributed by atoms with E-state index >= 15 is 0 Å². The first-order chi connectivity index (χ1) is 6.36. The summed E-state index contributed by atoms with van der Waals surface area (Å²) in [5, 5.41) is 8.90. The summed E-state index contributed by atoms with van der Waals surface area (Å²) in [4.78, 5) is 0. The standard InChI is InChI=1S/C10H19FO2/c11-6-1-7-13-10-4-2-9(8-12)3-5-10/h9-10,12H,1-8H2. The molecule has 2 nitrogen and oxygen atoms in total. The molecule has 0 spiro atoms. The maximum atomic E-state index is 11.8. The first-order valence-corrected chi connectivity index (χ1v) is 5.15. The molecule has 0 aromatic carbocycles. The van der Waals surface area contributed by atoms with Crippen LogP contribution >= 0.6 is 0 Å². The molecule has 13 heavy (non-hydrogen) atoms. The lowest BCUT2D eigenvalue weighted by Gasteiger charge is -2.27. The molecule has 3 heteroatoms. The van der Waals surface area contributed by atoms with Gasteiger partial charge in [0.1, 0.15) is 0 Å². The average Bonchev–Trinajstić information content (AvgIpc) is 2.19. The summed E-state index contributed by atoms with van der Waals surface area (Å²) in [5.41, 5.74) is 0. The van der Waals surface area contributed by atoms with Crippen molar-refractivity contribution in [2.45, 2.75) is 38.2 Å². The van der Waals surface area contributed by atoms with Crippen LogP contribution in [0.25, 0.3) is 0 Å². The van der Waals surface area contributed by atoms with Crippen molar-refractivity contribution in [2.24, 2.45) is 5.92 Å². The molecule has 0 saturated heterocycles. The third-order valence-electron chi connectivity index (χ3n) is 2.68. The van der Waals surface area contributed by atoms with E-state index in [-0.39, 0.29) is 6.67 Å². The largest absolute Gasteiger partial charge is 0.396 e. The molecule has 1 aliphatic rings. The number of halogens is 1. The fourth-order valence-electron chi connectivity index (χ4n) is 1.79. The molecule has 1 fully saturated rings. The number of rotatable bonds is 5. The van der Waals surface area contributed by atoms with Crippen LogP contribution in [-0.2, 0) is 4.74 Å². The Hall–Kier alpha value is -0.150. The predicted octanol–water partition coefficient (Wildman–Crippen LogP) is 1.91. The van der Waals surface area contributed by atoms with E-state index in [1.807, 2.05) is 0 Å². The molecule has 1 N–H and O–H groups in total. The summed E-state index contributed by atoms with van der Waals surface area (Å²) in [7, 11) is 0. The van der Waals surface area contributed by atoms with Crippen LogP contribution in [0.15, 0.2) is 0 Å². The molecule has 0 heterocycles. The maximum Gasteiger partial charge on any atom is 0.0916 e. The van der Waals surface area contributed by atoms with Crippen molar-refractivity contribution in [1.82, 2.24) is 0 Å². The van der Waals surface area contributed by atoms with Crippen molar-refractivity contribution in [1.29, 1.82) is 0 Å². The fraction of sp³-hybridized carbons (Fsp3) is 1.00. The average molecular weight is 190 g/mol. The zero-order valence-corrected chi connectivity index (χ0v) is 8.04. The zero-order chi connectivity index (χ0) is 9.52. The van der Waals surface area contributed by atoms with Gasteiger partial charge in [-0.2, -0.15) is 0 Å². The monoisotopic (exact) mass is 190 g/mol. The van der Waals surface area contributed by atoms with Crippen LogP contribution in [0.1, 0.15) is 32.1 Å². The summed E-state index contributed by atoms with van der Waals surface area (Å²) >= 11 is 0. The van der Waals surface area contributed by atoms with Crippen LogP contribution in [0.5, 0.6) is 0 Å². The second-order valence-corrected chi connectivity index (χ2v) is 3.74. The smallest absolute Gasteiger partial charge is 0.0916 e. The van der Waals surface area contributed by atoms with Crippen molar-refractivity contribution in [3.8, 4) is 0 Å². The number of aliphatic hydroxyl groups excluding tert-OH is 1. The van der Waals surface area contributed by atoms with Crippen LogP contribution in [0.2, 0.25) is 0 Å². The Labute approximate surface area is 79.1 Å². The van der Waals surface area contributed by atoms with E-state index in [1.54, 1.807) is 0 Å². The Balaban J connectivity index is 2.03. The molecule has 0 atom stereocenters. The molecule has 78 valence electrons. The van der Waals surface area contributed by atoms with Gasteiger partial charge in [-0.3, -0.25) is 4.39 Å². The number of hydrogen-bond donors (Lipinski definition) is 1. The number of ether oxygens (including phenoxy) is 1. The van der Waals surface area contributed by atoms with Gasteiger partial charge < -0.3 is 9.84 Å². The van der Waals surface area contributed by atoms with Crippen molar-refractivity contribution in [3.05, 3.63) is 0 Å². The lowest BCUT2D eigenvalue weighted by Crippen LogP contribution is -2.23. The van der Waals surface area contributed by atoms with Gasteiger partial charge >= 0.3 is 0 Å². The Bertz CT molecular complexity index is 119. The quantitative estimate of drug-likeness (QED) is 0.671. The number of aliphatic hydroxyl groups is 1. The topological polar surface area (TPSA) is 29.5 Å². The van der Waals surface area contributed by atoms with Crippen molar-refractivity contribution < 1.29 is 14.2 Å². The summed E-state index contributed by atoms with van der Waals surface area (Å²) in [6, 6.07) is 0. The highest BCUT2D eigenvalue weighted by Gasteiger charge is 2.20. The highest BCUT2D eigenvalue weighted by molar-refractivity contribution is 4.72. The summed E-state index contributed by atoms with van der Waals surface area (Å²) < 4.78 is 17.2. The molecule has 0 aromatic heterocycles. The van der Waals surface area contributed by atoms with Crippen LogP contribution in [0.4, 0.5) is 4.39 Å². The van der Waals surface area contributed by atoms with Crippen LogP contribution in [-0.4, -0.2) is 31.1 Å². The van der Waals surface area contributed by atoms with Gasteiger partial charge in [0.05, 0.1) is 12.8 Å². The van der Waals surface area contributed by atoms with Crippen molar-refractivity contribution >= 4 is 0 Å². The van der Waals surface area contributed by atoms with E-state index in [1.165, 1.54) is 0 Å². The number of alkyl halides is 1. The van der Waals surface area contributed by atoms with Crippen molar-refractivity contribution in [2.75, 3.05) is 19.9 Å². The Morgan fingerprint density at radius 3 is 2.46 bits per heavy atom. The second-order valence-electron chi connectivity index (χ2n) is 3.74. The molecule has 1 rings (SSSR count). The van der Waals surface area contributed by atoms with Gasteiger partial charge in [0.25, 0.3) is 0 Å². The van der Waals surface area contributed by atoms with Crippen LogP contribution in [0, 0.1) is 5.92 Å². The van der Waals surface area contributed by atoms with Gasteiger partial charge in [-0.15, -0.1) is 0 Å². The minimum atomic E-state index is -0.286. The van der Waals surface area contributed by atoms with E-state index in [9.17, 15) is 4.39 Å². The van der Waals surface area contributed by atoms with Gasteiger partial charge in [0.2, 0.25) is 0 Å². The minimum Gasteiger partial charge on any atom is -0.396 e. The Morgan fingerprint density at radius 2 is 1.92 bits per heavy atom. The van der Waals surface area contributed by atoms with Gasteiger partial charge in [0.15, 0.2) is 0 Å². The van der Waals surface area contributed by atoms with Crippen molar-refractivity contribution in [3.63, 3.8) is 0 Å². The van der Waals surface area contributed by atoms with E-state index in [4.69, 9.17) is 9.84 Å². The lowest BCUT2D eigenvalue weighted by molar-refractivity contribution is 0.00868. The molecule has 0 radical (unpaired) electrons. The lowest BCUT2D eigenvalue weighted by atomic mass is 9.88. The Kier molecular flexibility index (Phi) is 5.32. The van der Waals surface area contributed by atoms with Crippen LogP contribution in [0.3, 0.4) is 0 Å². The fourth-order valence-corrected chi connectivity index (χ4v) is 1.79. The summed E-state index contributed by atoms with van der Waals surface area (Å²) in [6.07, 6.45) is 4.98. The molecular weight excluding hydrogens is 171 g/mol. The maximum absolute atomic E-state index is 11.8. The third kappa shape index (κ3) is 4.05.